The van der Waals surface area contributed by atoms with Crippen LogP contribution in [0.3, 0.4) is 0 Å². The Morgan fingerprint density at radius 1 is 0.460 bits per heavy atom. The Bertz CT molecular complexity index is 1560. The van der Waals surface area contributed by atoms with Gasteiger partial charge in [-0.3, -0.25) is 4.79 Å². The summed E-state index contributed by atoms with van der Waals surface area (Å²) in [6.07, 6.45) is 21.3. The summed E-state index contributed by atoms with van der Waals surface area (Å²) in [6.45, 7) is 3.30. The van der Waals surface area contributed by atoms with Crippen LogP contribution in [-0.4, -0.2) is 140 Å². The summed E-state index contributed by atoms with van der Waals surface area (Å²) in [5.41, 5.74) is 0. The second-order valence-electron chi connectivity index (χ2n) is 20.9. The zero-order valence-corrected chi connectivity index (χ0v) is 37.5. The molecule has 0 aromatic carbocycles. The summed E-state index contributed by atoms with van der Waals surface area (Å²) in [5.74, 6) is -2.17. The number of aliphatic hydroxyl groups excluding tert-OH is 1. The van der Waals surface area contributed by atoms with Crippen molar-refractivity contribution >= 4 is 5.97 Å². The molecule has 356 valence electrons. The number of carbonyl (C=O) groups is 1. The second-order valence-corrected chi connectivity index (χ2v) is 20.9. The van der Waals surface area contributed by atoms with E-state index in [4.69, 9.17) is 61.6 Å². The van der Waals surface area contributed by atoms with Crippen molar-refractivity contribution in [3.63, 3.8) is 0 Å². The van der Waals surface area contributed by atoms with E-state index in [1.165, 1.54) is 25.7 Å². The second kappa shape index (κ2) is 18.5. The van der Waals surface area contributed by atoms with Crippen molar-refractivity contribution in [2.24, 2.45) is 0 Å². The Morgan fingerprint density at radius 3 is 1.30 bits per heavy atom. The Hall–Kier alpha value is -1.05. The van der Waals surface area contributed by atoms with Gasteiger partial charge in [0.1, 0.15) is 61.0 Å². The van der Waals surface area contributed by atoms with E-state index < -0.39 is 29.4 Å². The summed E-state index contributed by atoms with van der Waals surface area (Å²) >= 11 is 0. The highest BCUT2D eigenvalue weighted by Gasteiger charge is 2.64. The molecule has 4 saturated carbocycles. The van der Waals surface area contributed by atoms with Gasteiger partial charge < -0.3 is 66.7 Å². The summed E-state index contributed by atoms with van der Waals surface area (Å²) < 4.78 is 83.2. The van der Waals surface area contributed by atoms with E-state index in [1.807, 2.05) is 6.92 Å². The molecule has 12 rings (SSSR count). The molecule has 4 aliphatic carbocycles. The molecular formula is C48H74O15. The minimum absolute atomic E-state index is 0.0986. The zero-order chi connectivity index (χ0) is 42.7. The molecule has 12 aliphatic rings. The third-order valence-corrected chi connectivity index (χ3v) is 16.5. The zero-order valence-electron chi connectivity index (χ0n) is 37.5. The monoisotopic (exact) mass is 891 g/mol. The fraction of sp³-hybridized carbons (Fsp3) is 0.979. The van der Waals surface area contributed by atoms with Crippen LogP contribution < -0.4 is 0 Å². The molecule has 8 heterocycles. The summed E-state index contributed by atoms with van der Waals surface area (Å²) in [6, 6.07) is 0. The lowest BCUT2D eigenvalue weighted by Crippen LogP contribution is -2.62. The molecule has 15 nitrogen and oxygen atoms in total. The maximum Gasteiger partial charge on any atom is 0.308 e. The van der Waals surface area contributed by atoms with Crippen molar-refractivity contribution in [1.29, 1.82) is 0 Å². The van der Waals surface area contributed by atoms with Crippen LogP contribution in [0.5, 0.6) is 0 Å². The van der Waals surface area contributed by atoms with Crippen molar-refractivity contribution in [1.82, 2.24) is 0 Å². The summed E-state index contributed by atoms with van der Waals surface area (Å²) in [5, 5.41) is 10.1. The van der Waals surface area contributed by atoms with E-state index in [9.17, 15) is 9.90 Å². The van der Waals surface area contributed by atoms with Crippen LogP contribution in [0.2, 0.25) is 0 Å². The number of ether oxygens (including phenoxy) is 13. The molecule has 8 saturated heterocycles. The molecule has 63 heavy (non-hydrogen) atoms. The lowest BCUT2D eigenvalue weighted by molar-refractivity contribution is -0.289. The third kappa shape index (κ3) is 8.94. The predicted octanol–water partition coefficient (Wildman–Crippen LogP) is 6.55. The molecule has 4 spiro atoms. The minimum atomic E-state index is -0.750. The Labute approximate surface area is 372 Å². The quantitative estimate of drug-likeness (QED) is 0.297. The number of hydrogen-bond donors (Lipinski definition) is 1. The normalized spacial score (nSPS) is 45.5. The predicted molar refractivity (Wildman–Crippen MR) is 221 cm³/mol. The Morgan fingerprint density at radius 2 is 0.857 bits per heavy atom. The third-order valence-electron chi connectivity index (χ3n) is 16.5. The maximum absolute atomic E-state index is 12.1. The van der Waals surface area contributed by atoms with Gasteiger partial charge in [-0.25, -0.2) is 0 Å². The van der Waals surface area contributed by atoms with E-state index in [-0.39, 0.29) is 91.7 Å². The van der Waals surface area contributed by atoms with E-state index >= 15 is 0 Å². The van der Waals surface area contributed by atoms with Crippen LogP contribution in [0.25, 0.3) is 0 Å². The molecule has 0 bridgehead atoms. The highest BCUT2D eigenvalue weighted by atomic mass is 16.8. The van der Waals surface area contributed by atoms with Gasteiger partial charge in [0.05, 0.1) is 44.6 Å². The van der Waals surface area contributed by atoms with E-state index in [0.29, 0.717) is 26.2 Å². The van der Waals surface area contributed by atoms with Gasteiger partial charge in [-0.15, -0.1) is 0 Å². The lowest BCUT2D eigenvalue weighted by Gasteiger charge is -2.47. The first-order chi connectivity index (χ1) is 30.7. The van der Waals surface area contributed by atoms with Crippen LogP contribution >= 0.6 is 0 Å². The van der Waals surface area contributed by atoms with Gasteiger partial charge in [-0.1, -0.05) is 25.7 Å². The SMILES string of the molecule is CCOC(=O)C[C@H]1CC[C@@H]2O[C@@H]([C@H]3COC4(CCCCC4)O3)[C@H]3OC4(CCCCC4)O[C@H]3[C@H]2O1.OC1CC[C@@H]2O[C@@H]([C@H]3COC4(CCCCC4)O3)[C@H]3OC4(CCCCC4)O[C@H]3[C@H]2O1. The van der Waals surface area contributed by atoms with Gasteiger partial charge in [0.2, 0.25) is 0 Å². The molecule has 0 amide bonds. The van der Waals surface area contributed by atoms with Crippen molar-refractivity contribution < 1.29 is 71.5 Å². The molecule has 1 unspecified atom stereocenters. The first kappa shape index (κ1) is 44.5. The molecule has 12 fully saturated rings. The largest absolute Gasteiger partial charge is 0.466 e. The number of hydrogen-bond acceptors (Lipinski definition) is 15. The summed E-state index contributed by atoms with van der Waals surface area (Å²) in [4.78, 5) is 12.1. The highest BCUT2D eigenvalue weighted by Crippen LogP contribution is 2.52. The van der Waals surface area contributed by atoms with Crippen molar-refractivity contribution in [2.75, 3.05) is 19.8 Å². The fourth-order valence-electron chi connectivity index (χ4n) is 13.5. The van der Waals surface area contributed by atoms with Crippen molar-refractivity contribution in [3.05, 3.63) is 0 Å². The smallest absolute Gasteiger partial charge is 0.308 e. The number of rotatable bonds is 5. The molecule has 1 N–H and O–H groups in total. The van der Waals surface area contributed by atoms with Crippen LogP contribution in [0.1, 0.15) is 167 Å². The standard InChI is InChI=1S/C26H40O8.C22H34O7/c1-2-28-20(27)15-17-9-10-18-21(30-17)23-24(34-26(33-23)13-7-4-8-14-26)22(31-18)19-16-29-25(32-19)11-5-3-6-12-25;23-16-8-7-14-17(26-16)19-20(29-22(28-19)11-5-2-6-12-22)18(25-14)15-13-24-21(27-15)9-3-1-4-10-21/h17-19,21-24H,2-16H2,1H3;14-20,23H,1-13H2/t17-,18+,19-,21+,22+,23+,24-;14-,15+,16?,17-,18-,19-,20+/m10/s1. The molecule has 15 heteroatoms. The van der Waals surface area contributed by atoms with Crippen LogP contribution in [0, 0.1) is 0 Å². The molecular weight excluding hydrogens is 817 g/mol. The van der Waals surface area contributed by atoms with Gasteiger partial charge in [0.15, 0.2) is 29.4 Å². The molecule has 0 radical (unpaired) electrons. The van der Waals surface area contributed by atoms with E-state index in [2.05, 4.69) is 0 Å². The van der Waals surface area contributed by atoms with Gasteiger partial charge in [0, 0.05) is 57.8 Å². The lowest BCUT2D eigenvalue weighted by atomic mass is 9.87. The van der Waals surface area contributed by atoms with Crippen LogP contribution in [-0.2, 0) is 66.4 Å². The number of carbonyl (C=O) groups excluding carboxylic acids is 1. The Balaban J connectivity index is 0.000000143. The maximum atomic E-state index is 12.1. The average Bonchev–Trinajstić information content (AvgIpc) is 4.09. The van der Waals surface area contributed by atoms with Crippen molar-refractivity contribution in [3.8, 4) is 0 Å². The van der Waals surface area contributed by atoms with Crippen molar-refractivity contribution in [2.45, 2.75) is 276 Å². The van der Waals surface area contributed by atoms with Gasteiger partial charge in [0.25, 0.3) is 0 Å². The average molecular weight is 891 g/mol. The number of aliphatic hydroxyl groups is 1. The van der Waals surface area contributed by atoms with Crippen LogP contribution in [0.4, 0.5) is 0 Å². The molecule has 0 aromatic heterocycles. The van der Waals surface area contributed by atoms with E-state index in [1.54, 1.807) is 0 Å². The van der Waals surface area contributed by atoms with Gasteiger partial charge >= 0.3 is 5.97 Å². The fourth-order valence-corrected chi connectivity index (χ4v) is 13.5. The van der Waals surface area contributed by atoms with Crippen LogP contribution in [0.15, 0.2) is 0 Å². The first-order valence-corrected chi connectivity index (χ1v) is 25.5. The van der Waals surface area contributed by atoms with E-state index in [0.717, 1.165) is 122 Å². The molecule has 14 atom stereocenters. The van der Waals surface area contributed by atoms with Gasteiger partial charge in [-0.05, 0) is 77.6 Å². The Kier molecular flexibility index (Phi) is 13.0. The van der Waals surface area contributed by atoms with Gasteiger partial charge in [-0.2, -0.15) is 0 Å². The minimum Gasteiger partial charge on any atom is -0.466 e. The molecule has 0 aromatic rings. The highest BCUT2D eigenvalue weighted by molar-refractivity contribution is 5.69. The summed E-state index contributed by atoms with van der Waals surface area (Å²) in [7, 11) is 0. The number of esters is 1. The molecule has 8 aliphatic heterocycles. The number of fused-ring (bicyclic) bond motifs is 6. The topological polar surface area (TPSA) is 157 Å². The first-order valence-electron chi connectivity index (χ1n) is 25.5.